The van der Waals surface area contributed by atoms with Crippen LogP contribution in [0.15, 0.2) is 35.9 Å². The number of benzene rings is 1. The Morgan fingerprint density at radius 2 is 1.89 bits per heavy atom. The summed E-state index contributed by atoms with van der Waals surface area (Å²) in [6, 6.07) is 7.91. The third-order valence-corrected chi connectivity index (χ3v) is 3.71. The third kappa shape index (κ3) is 3.69. The number of hydrogen-bond donors (Lipinski definition) is 0. The van der Waals surface area contributed by atoms with Crippen LogP contribution in [0.1, 0.15) is 48.9 Å². The van der Waals surface area contributed by atoms with Gasteiger partial charge in [-0.15, -0.1) is 0 Å². The molecule has 0 saturated carbocycles. The number of carbonyl (C=O) groups excluding carboxylic acids is 1. The molecule has 0 bridgehead atoms. The molecule has 1 aliphatic carbocycles. The summed E-state index contributed by atoms with van der Waals surface area (Å²) in [6.45, 7) is 0. The van der Waals surface area contributed by atoms with Gasteiger partial charge in [-0.25, -0.2) is 0 Å². The lowest BCUT2D eigenvalue weighted by molar-refractivity contribution is 0.102. The van der Waals surface area contributed by atoms with E-state index in [1.165, 1.54) is 19.3 Å². The van der Waals surface area contributed by atoms with E-state index in [1.54, 1.807) is 0 Å². The molecule has 0 radical (unpaired) electrons. The molecule has 1 aromatic rings. The zero-order chi connectivity index (χ0) is 13.7. The van der Waals surface area contributed by atoms with Crippen molar-refractivity contribution in [3.8, 4) is 0 Å². The number of rotatable bonds is 3. The van der Waals surface area contributed by atoms with E-state index >= 15 is 0 Å². The van der Waals surface area contributed by atoms with E-state index in [-0.39, 0.29) is 5.78 Å². The molecule has 1 aliphatic rings. The van der Waals surface area contributed by atoms with Crippen molar-refractivity contribution in [2.24, 2.45) is 0 Å². The van der Waals surface area contributed by atoms with Crippen molar-refractivity contribution in [2.75, 3.05) is 19.0 Å². The molecular weight excluding hydrogens is 234 g/mol. The fourth-order valence-corrected chi connectivity index (χ4v) is 2.51. The average Bonchev–Trinajstić information content (AvgIpc) is 2.38. The van der Waals surface area contributed by atoms with E-state index in [9.17, 15) is 4.79 Å². The summed E-state index contributed by atoms with van der Waals surface area (Å²) in [7, 11) is 4.00. The Kier molecular flexibility index (Phi) is 4.78. The van der Waals surface area contributed by atoms with Crippen LogP contribution in [0.4, 0.5) is 5.69 Å². The largest absolute Gasteiger partial charge is 0.378 e. The van der Waals surface area contributed by atoms with Gasteiger partial charge in [0.05, 0.1) is 0 Å². The maximum Gasteiger partial charge on any atom is 0.188 e. The highest BCUT2D eigenvalue weighted by Gasteiger charge is 2.13. The fourth-order valence-electron chi connectivity index (χ4n) is 2.51. The minimum absolute atomic E-state index is 0.214. The van der Waals surface area contributed by atoms with E-state index in [0.29, 0.717) is 0 Å². The molecule has 0 fully saturated rings. The smallest absolute Gasteiger partial charge is 0.188 e. The summed E-state index contributed by atoms with van der Waals surface area (Å²) in [5.41, 5.74) is 2.91. The predicted octanol–water partition coefficient (Wildman–Crippen LogP) is 4.22. The summed E-state index contributed by atoms with van der Waals surface area (Å²) in [4.78, 5) is 14.6. The van der Waals surface area contributed by atoms with Crippen LogP contribution in [-0.2, 0) is 0 Å². The topological polar surface area (TPSA) is 20.3 Å². The third-order valence-electron chi connectivity index (χ3n) is 3.71. The molecule has 0 aromatic heterocycles. The summed E-state index contributed by atoms with van der Waals surface area (Å²) in [6.07, 6.45) is 9.05. The van der Waals surface area contributed by atoms with Crippen LogP contribution in [0.25, 0.3) is 0 Å². The highest BCUT2D eigenvalue weighted by atomic mass is 16.1. The normalized spacial score (nSPS) is 18.9. The molecule has 102 valence electrons. The van der Waals surface area contributed by atoms with E-state index in [0.717, 1.165) is 36.1 Å². The second-order valence-corrected chi connectivity index (χ2v) is 5.46. The van der Waals surface area contributed by atoms with Crippen LogP contribution in [-0.4, -0.2) is 19.9 Å². The Bertz CT molecular complexity index is 474. The number of hydrogen-bond acceptors (Lipinski definition) is 2. The zero-order valence-corrected chi connectivity index (χ0v) is 12.0. The molecule has 0 saturated heterocycles. The average molecular weight is 257 g/mol. The van der Waals surface area contributed by atoms with Crippen molar-refractivity contribution >= 4 is 11.5 Å². The molecule has 0 N–H and O–H groups in total. The van der Waals surface area contributed by atoms with Crippen LogP contribution in [0.3, 0.4) is 0 Å². The van der Waals surface area contributed by atoms with E-state index in [1.807, 2.05) is 43.3 Å². The van der Waals surface area contributed by atoms with Gasteiger partial charge in [0, 0.05) is 25.3 Å². The molecule has 0 atom stereocenters. The minimum atomic E-state index is 0.214. The molecule has 0 heterocycles. The van der Waals surface area contributed by atoms with Gasteiger partial charge in [-0.05, 0) is 43.4 Å². The molecule has 1 aromatic carbocycles. The molecule has 0 unspecified atom stereocenters. The van der Waals surface area contributed by atoms with E-state index < -0.39 is 0 Å². The second kappa shape index (κ2) is 6.55. The Morgan fingerprint density at radius 3 is 2.68 bits per heavy atom. The van der Waals surface area contributed by atoms with Gasteiger partial charge in [0.15, 0.2) is 5.78 Å². The number of ketones is 1. The molecule has 0 amide bonds. The first-order valence-electron chi connectivity index (χ1n) is 7.19. The monoisotopic (exact) mass is 257 g/mol. The van der Waals surface area contributed by atoms with Gasteiger partial charge >= 0.3 is 0 Å². The fraction of sp³-hybridized carbons (Fsp3) is 0.471. The number of allylic oxidation sites excluding steroid dienone is 2. The Balaban J connectivity index is 2.20. The molecule has 0 aliphatic heterocycles. The molecule has 2 nitrogen and oxygen atoms in total. The van der Waals surface area contributed by atoms with E-state index in [4.69, 9.17) is 0 Å². The minimum Gasteiger partial charge on any atom is -0.378 e. The van der Waals surface area contributed by atoms with Crippen molar-refractivity contribution in [3.05, 3.63) is 41.5 Å². The Labute approximate surface area is 116 Å². The van der Waals surface area contributed by atoms with Gasteiger partial charge in [-0.2, -0.15) is 0 Å². The lowest BCUT2D eigenvalue weighted by Crippen LogP contribution is -2.10. The number of carbonyl (C=O) groups is 1. The van der Waals surface area contributed by atoms with Crippen LogP contribution >= 0.6 is 0 Å². The Morgan fingerprint density at radius 1 is 1.11 bits per heavy atom. The summed E-state index contributed by atoms with van der Waals surface area (Å²) in [5, 5.41) is 0. The second-order valence-electron chi connectivity index (χ2n) is 5.46. The van der Waals surface area contributed by atoms with Crippen LogP contribution in [0.2, 0.25) is 0 Å². The quantitative estimate of drug-likeness (QED) is 0.756. The van der Waals surface area contributed by atoms with Crippen molar-refractivity contribution in [3.63, 3.8) is 0 Å². The summed E-state index contributed by atoms with van der Waals surface area (Å²) < 4.78 is 0. The van der Waals surface area contributed by atoms with Gasteiger partial charge in [0.1, 0.15) is 0 Å². The maximum absolute atomic E-state index is 12.6. The highest BCUT2D eigenvalue weighted by molar-refractivity contribution is 6.09. The first kappa shape index (κ1) is 13.9. The van der Waals surface area contributed by atoms with Gasteiger partial charge in [0.25, 0.3) is 0 Å². The van der Waals surface area contributed by atoms with E-state index in [2.05, 4.69) is 6.08 Å². The van der Waals surface area contributed by atoms with Crippen molar-refractivity contribution in [1.29, 1.82) is 0 Å². The highest BCUT2D eigenvalue weighted by Crippen LogP contribution is 2.22. The van der Waals surface area contributed by atoms with Gasteiger partial charge < -0.3 is 4.90 Å². The van der Waals surface area contributed by atoms with Crippen LogP contribution < -0.4 is 4.90 Å². The Hall–Kier alpha value is -1.57. The predicted molar refractivity (Wildman–Crippen MR) is 80.9 cm³/mol. The van der Waals surface area contributed by atoms with Gasteiger partial charge in [-0.3, -0.25) is 4.79 Å². The summed E-state index contributed by atoms with van der Waals surface area (Å²) >= 11 is 0. The first-order valence-corrected chi connectivity index (χ1v) is 7.19. The van der Waals surface area contributed by atoms with Crippen molar-refractivity contribution in [2.45, 2.75) is 38.5 Å². The maximum atomic E-state index is 12.6. The summed E-state index contributed by atoms with van der Waals surface area (Å²) in [5.74, 6) is 0.214. The number of nitrogens with zero attached hydrogens (tertiary/aromatic N) is 1. The lowest BCUT2D eigenvalue weighted by atomic mass is 9.94. The van der Waals surface area contributed by atoms with Crippen molar-refractivity contribution in [1.82, 2.24) is 0 Å². The van der Waals surface area contributed by atoms with Gasteiger partial charge in [0.2, 0.25) is 0 Å². The molecule has 0 spiro atoms. The first-order chi connectivity index (χ1) is 9.18. The van der Waals surface area contributed by atoms with Crippen LogP contribution in [0.5, 0.6) is 0 Å². The zero-order valence-electron chi connectivity index (χ0n) is 12.0. The lowest BCUT2D eigenvalue weighted by Gasteiger charge is -2.14. The number of Topliss-reactive ketones (excluding diaryl/α,β-unsaturated/α-hetero) is 1. The molecular formula is C17H23NO. The number of anilines is 1. The van der Waals surface area contributed by atoms with Gasteiger partial charge in [-0.1, -0.05) is 31.1 Å². The molecule has 2 heteroatoms. The molecule has 2 rings (SSSR count). The van der Waals surface area contributed by atoms with Crippen LogP contribution in [0, 0.1) is 0 Å². The standard InChI is InChI=1S/C17H23NO/c1-18(2)16-12-8-11-15(13-16)17(19)14-9-6-4-3-5-7-10-14/h8-9,11-13H,3-7,10H2,1-2H3/b14-9+. The SMILES string of the molecule is CN(C)c1cccc(C(=O)/C2=C/CCCCCC2)c1. The van der Waals surface area contributed by atoms with Crippen molar-refractivity contribution < 1.29 is 4.79 Å². The molecule has 19 heavy (non-hydrogen) atoms.